The van der Waals surface area contributed by atoms with Crippen molar-refractivity contribution in [1.82, 2.24) is 10.6 Å². The lowest BCUT2D eigenvalue weighted by atomic mass is 9.96. The maximum atomic E-state index is 12.5. The molecule has 25 heavy (non-hydrogen) atoms. The minimum atomic E-state index is -3.28. The Morgan fingerprint density at radius 3 is 2.40 bits per heavy atom. The third-order valence-electron chi connectivity index (χ3n) is 3.68. The first kappa shape index (κ1) is 19.4. The molecule has 1 aliphatic rings. The van der Waals surface area contributed by atoms with Gasteiger partial charge in [-0.3, -0.25) is 0 Å². The van der Waals surface area contributed by atoms with Crippen molar-refractivity contribution in [3.63, 3.8) is 0 Å². The normalized spacial score (nSPS) is 18.0. The number of esters is 1. The molecule has 2 N–H and O–H groups in total. The standard InChI is InChI=1S/C17H22N2O4S2/c1-10(2)9-23-16(20)14-11(3)18-17(24)19-15(14)12-5-7-13(8-6-12)25(4,21)22/h5-8,10,15H,9H2,1-4H3,(H2,18,19,24). The van der Waals surface area contributed by atoms with Gasteiger partial charge < -0.3 is 15.4 Å². The lowest BCUT2D eigenvalue weighted by molar-refractivity contribution is -0.140. The van der Waals surface area contributed by atoms with E-state index in [-0.39, 0.29) is 10.8 Å². The summed E-state index contributed by atoms with van der Waals surface area (Å²) in [4.78, 5) is 12.8. The SMILES string of the molecule is CC1=C(C(=O)OCC(C)C)C(c2ccc(S(C)(=O)=O)cc2)NC(=S)N1. The second kappa shape index (κ2) is 7.53. The van der Waals surface area contributed by atoms with E-state index in [0.29, 0.717) is 23.0 Å². The second-order valence-electron chi connectivity index (χ2n) is 6.40. The van der Waals surface area contributed by atoms with E-state index in [0.717, 1.165) is 11.8 Å². The molecule has 1 aromatic carbocycles. The number of ether oxygens (including phenoxy) is 1. The highest BCUT2D eigenvalue weighted by Gasteiger charge is 2.31. The summed E-state index contributed by atoms with van der Waals surface area (Å²) < 4.78 is 28.6. The molecule has 8 heteroatoms. The molecular formula is C17H22N2O4S2. The molecule has 0 spiro atoms. The molecule has 6 nitrogen and oxygen atoms in total. The maximum absolute atomic E-state index is 12.5. The highest BCUT2D eigenvalue weighted by atomic mass is 32.2. The van der Waals surface area contributed by atoms with Crippen LogP contribution in [0.5, 0.6) is 0 Å². The Morgan fingerprint density at radius 2 is 1.88 bits per heavy atom. The number of thiocarbonyl (C=S) groups is 1. The van der Waals surface area contributed by atoms with Gasteiger partial charge in [-0.2, -0.15) is 0 Å². The van der Waals surface area contributed by atoms with Gasteiger partial charge in [-0.15, -0.1) is 0 Å². The molecule has 0 saturated carbocycles. The third-order valence-corrected chi connectivity index (χ3v) is 5.03. The average Bonchev–Trinajstić information content (AvgIpc) is 2.51. The molecule has 1 aromatic rings. The van der Waals surface area contributed by atoms with Crippen LogP contribution >= 0.6 is 12.2 Å². The van der Waals surface area contributed by atoms with Gasteiger partial charge in [-0.25, -0.2) is 13.2 Å². The van der Waals surface area contributed by atoms with Crippen molar-refractivity contribution in [2.75, 3.05) is 12.9 Å². The molecule has 136 valence electrons. The number of hydrogen-bond acceptors (Lipinski definition) is 5. The zero-order chi connectivity index (χ0) is 18.8. The smallest absolute Gasteiger partial charge is 0.338 e. The fourth-order valence-corrected chi connectivity index (χ4v) is 3.34. The first-order valence-electron chi connectivity index (χ1n) is 7.85. The second-order valence-corrected chi connectivity index (χ2v) is 8.83. The number of carbonyl (C=O) groups is 1. The topological polar surface area (TPSA) is 84.5 Å². The molecular weight excluding hydrogens is 360 g/mol. The monoisotopic (exact) mass is 382 g/mol. The Kier molecular flexibility index (Phi) is 5.84. The lowest BCUT2D eigenvalue weighted by Crippen LogP contribution is -2.45. The van der Waals surface area contributed by atoms with E-state index in [9.17, 15) is 13.2 Å². The summed E-state index contributed by atoms with van der Waals surface area (Å²) in [6.45, 7) is 6.00. The van der Waals surface area contributed by atoms with Crippen LogP contribution in [-0.4, -0.2) is 32.4 Å². The van der Waals surface area contributed by atoms with Gasteiger partial charge in [0, 0.05) is 12.0 Å². The summed E-state index contributed by atoms with van der Waals surface area (Å²) in [5, 5.41) is 6.39. The molecule has 0 amide bonds. The van der Waals surface area contributed by atoms with Gasteiger partial charge in [0.2, 0.25) is 0 Å². The van der Waals surface area contributed by atoms with Crippen LogP contribution < -0.4 is 10.6 Å². The van der Waals surface area contributed by atoms with Gasteiger partial charge in [-0.05, 0) is 42.8 Å². The highest BCUT2D eigenvalue weighted by molar-refractivity contribution is 7.90. The summed E-state index contributed by atoms with van der Waals surface area (Å²) in [5.74, 6) is -0.200. The number of hydrogen-bond donors (Lipinski definition) is 2. The fourth-order valence-electron chi connectivity index (χ4n) is 2.44. The molecule has 1 unspecified atom stereocenters. The van der Waals surface area contributed by atoms with E-state index < -0.39 is 21.8 Å². The predicted octanol–water partition coefficient (Wildman–Crippen LogP) is 2.08. The summed E-state index contributed by atoms with van der Waals surface area (Å²) >= 11 is 5.19. The Balaban J connectivity index is 2.37. The number of allylic oxidation sites excluding steroid dienone is 1. The van der Waals surface area contributed by atoms with Gasteiger partial charge in [0.15, 0.2) is 14.9 Å². The Hall–Kier alpha value is -1.93. The van der Waals surface area contributed by atoms with Crippen molar-refractivity contribution >= 4 is 33.1 Å². The molecule has 0 radical (unpaired) electrons. The lowest BCUT2D eigenvalue weighted by Gasteiger charge is -2.30. The van der Waals surface area contributed by atoms with Gasteiger partial charge in [0.1, 0.15) is 0 Å². The summed E-state index contributed by atoms with van der Waals surface area (Å²) in [5.41, 5.74) is 1.78. The molecule has 0 aromatic heterocycles. The zero-order valence-corrected chi connectivity index (χ0v) is 16.3. The quantitative estimate of drug-likeness (QED) is 0.596. The third kappa shape index (κ3) is 4.79. The van der Waals surface area contributed by atoms with Crippen molar-refractivity contribution in [2.45, 2.75) is 31.7 Å². The van der Waals surface area contributed by atoms with E-state index in [2.05, 4.69) is 10.6 Å². The molecule has 1 aliphatic heterocycles. The average molecular weight is 383 g/mol. The van der Waals surface area contributed by atoms with Crippen molar-refractivity contribution in [2.24, 2.45) is 5.92 Å². The summed E-state index contributed by atoms with van der Waals surface area (Å²) in [6, 6.07) is 5.88. The Morgan fingerprint density at radius 1 is 1.28 bits per heavy atom. The number of nitrogens with one attached hydrogen (secondary N) is 2. The van der Waals surface area contributed by atoms with Gasteiger partial charge >= 0.3 is 5.97 Å². The van der Waals surface area contributed by atoms with E-state index in [4.69, 9.17) is 17.0 Å². The first-order chi connectivity index (χ1) is 11.6. The molecule has 0 aliphatic carbocycles. The van der Waals surface area contributed by atoms with Crippen LogP contribution in [0.4, 0.5) is 0 Å². The van der Waals surface area contributed by atoms with Crippen LogP contribution in [0.1, 0.15) is 32.4 Å². The number of rotatable bonds is 5. The van der Waals surface area contributed by atoms with E-state index in [1.807, 2.05) is 13.8 Å². The highest BCUT2D eigenvalue weighted by Crippen LogP contribution is 2.28. The first-order valence-corrected chi connectivity index (χ1v) is 10.1. The number of sulfone groups is 1. The Bertz CT molecular complexity index is 812. The van der Waals surface area contributed by atoms with Crippen LogP contribution in [0, 0.1) is 5.92 Å². The molecule has 0 fully saturated rings. The van der Waals surface area contributed by atoms with Crippen molar-refractivity contribution in [3.8, 4) is 0 Å². The van der Waals surface area contributed by atoms with E-state index in [1.165, 1.54) is 12.1 Å². The fraction of sp³-hybridized carbons (Fsp3) is 0.412. The van der Waals surface area contributed by atoms with Crippen molar-refractivity contribution in [1.29, 1.82) is 0 Å². The van der Waals surface area contributed by atoms with Gasteiger partial charge in [0.25, 0.3) is 0 Å². The van der Waals surface area contributed by atoms with Crippen molar-refractivity contribution in [3.05, 3.63) is 41.1 Å². The summed E-state index contributed by atoms with van der Waals surface area (Å²) in [7, 11) is -3.28. The van der Waals surface area contributed by atoms with Gasteiger partial charge in [-0.1, -0.05) is 26.0 Å². The van der Waals surface area contributed by atoms with Gasteiger partial charge in [0.05, 0.1) is 23.1 Å². The largest absolute Gasteiger partial charge is 0.462 e. The summed E-state index contributed by atoms with van der Waals surface area (Å²) in [6.07, 6.45) is 1.15. The molecule has 1 atom stereocenters. The minimum Gasteiger partial charge on any atom is -0.462 e. The van der Waals surface area contributed by atoms with Crippen LogP contribution in [0.15, 0.2) is 40.4 Å². The maximum Gasteiger partial charge on any atom is 0.338 e. The molecule has 0 saturated heterocycles. The Labute approximate surface area is 153 Å². The van der Waals surface area contributed by atoms with Crippen molar-refractivity contribution < 1.29 is 17.9 Å². The van der Waals surface area contributed by atoms with Crippen LogP contribution in [-0.2, 0) is 19.4 Å². The van der Waals surface area contributed by atoms with Crippen LogP contribution in [0.2, 0.25) is 0 Å². The van der Waals surface area contributed by atoms with E-state index in [1.54, 1.807) is 19.1 Å². The minimum absolute atomic E-state index is 0.220. The van der Waals surface area contributed by atoms with Crippen LogP contribution in [0.25, 0.3) is 0 Å². The predicted molar refractivity (Wildman–Crippen MR) is 99.7 cm³/mol. The molecule has 2 rings (SSSR count). The number of benzene rings is 1. The zero-order valence-electron chi connectivity index (χ0n) is 14.6. The molecule has 0 bridgehead atoms. The number of carbonyl (C=O) groups excluding carboxylic acids is 1. The van der Waals surface area contributed by atoms with Crippen LogP contribution in [0.3, 0.4) is 0 Å². The van der Waals surface area contributed by atoms with E-state index >= 15 is 0 Å². The molecule has 1 heterocycles.